The highest BCUT2D eigenvalue weighted by atomic mass is 35.5. The zero-order valence-corrected chi connectivity index (χ0v) is 11.3. The third-order valence-corrected chi connectivity index (χ3v) is 3.19. The van der Waals surface area contributed by atoms with Gasteiger partial charge in [-0.1, -0.05) is 17.7 Å². The number of hydrogen-bond acceptors (Lipinski definition) is 4. The normalized spacial score (nSPS) is 12.5. The first-order valence-corrected chi connectivity index (χ1v) is 5.93. The van der Waals surface area contributed by atoms with Crippen LogP contribution in [0.5, 0.6) is 5.75 Å². The first kappa shape index (κ1) is 13.8. The molecule has 19 heavy (non-hydrogen) atoms. The first-order chi connectivity index (χ1) is 9.08. The average molecular weight is 285 g/mol. The summed E-state index contributed by atoms with van der Waals surface area (Å²) in [4.78, 5) is 0. The van der Waals surface area contributed by atoms with Gasteiger partial charge in [-0.15, -0.1) is 0 Å². The number of nitrogens with zero attached hydrogens (tertiary/aromatic N) is 2. The zero-order chi connectivity index (χ0) is 14.0. The molecule has 0 saturated carbocycles. The molecule has 1 aromatic heterocycles. The van der Waals surface area contributed by atoms with Crippen molar-refractivity contribution >= 4 is 11.6 Å². The maximum Gasteiger partial charge on any atom is 0.132 e. The van der Waals surface area contributed by atoms with Crippen LogP contribution in [0.2, 0.25) is 5.02 Å². The lowest BCUT2D eigenvalue weighted by atomic mass is 10.0. The van der Waals surface area contributed by atoms with E-state index >= 15 is 0 Å². The maximum atomic E-state index is 14.1. The molecule has 3 N–H and O–H groups in total. The van der Waals surface area contributed by atoms with Crippen molar-refractivity contribution in [3.63, 3.8) is 0 Å². The number of nitrogens with two attached hydrogens (primary N) is 1. The van der Waals surface area contributed by atoms with E-state index in [0.29, 0.717) is 22.0 Å². The first-order valence-electron chi connectivity index (χ1n) is 5.55. The summed E-state index contributed by atoms with van der Waals surface area (Å²) in [5.41, 5.74) is 3.51. The molecule has 7 heteroatoms. The van der Waals surface area contributed by atoms with Gasteiger partial charge in [-0.25, -0.2) is 9.82 Å². The zero-order valence-electron chi connectivity index (χ0n) is 10.5. The summed E-state index contributed by atoms with van der Waals surface area (Å²) in [7, 11) is 3.19. The van der Waals surface area contributed by atoms with Crippen LogP contribution in [0.4, 0.5) is 4.39 Å². The van der Waals surface area contributed by atoms with E-state index in [0.717, 1.165) is 0 Å². The second-order valence-electron chi connectivity index (χ2n) is 3.99. The molecule has 0 radical (unpaired) electrons. The molecule has 1 heterocycles. The van der Waals surface area contributed by atoms with E-state index in [1.807, 2.05) is 0 Å². The Hall–Kier alpha value is -1.63. The van der Waals surface area contributed by atoms with Gasteiger partial charge in [0.2, 0.25) is 0 Å². The minimum atomic E-state index is -0.592. The van der Waals surface area contributed by atoms with E-state index in [1.165, 1.54) is 19.4 Å². The van der Waals surface area contributed by atoms with Crippen molar-refractivity contribution < 1.29 is 9.13 Å². The van der Waals surface area contributed by atoms with E-state index in [2.05, 4.69) is 10.5 Å². The van der Waals surface area contributed by atoms with Crippen LogP contribution in [0.3, 0.4) is 0 Å². The summed E-state index contributed by atoms with van der Waals surface area (Å²) >= 11 is 6.05. The largest absolute Gasteiger partial charge is 0.497 e. The molecular formula is C12H14ClFN4O. The highest BCUT2D eigenvalue weighted by molar-refractivity contribution is 6.31. The minimum absolute atomic E-state index is 0.369. The summed E-state index contributed by atoms with van der Waals surface area (Å²) < 4.78 is 20.6. The van der Waals surface area contributed by atoms with E-state index in [1.54, 1.807) is 23.9 Å². The number of aromatic nitrogens is 2. The van der Waals surface area contributed by atoms with E-state index in [9.17, 15) is 4.39 Å². The summed E-state index contributed by atoms with van der Waals surface area (Å²) in [5, 5.41) is 4.43. The molecule has 0 bridgehead atoms. The van der Waals surface area contributed by atoms with Gasteiger partial charge in [-0.3, -0.25) is 10.5 Å². The molecule has 0 spiro atoms. The molecule has 102 valence electrons. The number of halogens is 2. The van der Waals surface area contributed by atoms with Crippen LogP contribution in [0.1, 0.15) is 17.3 Å². The molecule has 0 aliphatic carbocycles. The Morgan fingerprint density at radius 2 is 2.26 bits per heavy atom. The third-order valence-electron chi connectivity index (χ3n) is 2.90. The van der Waals surface area contributed by atoms with Crippen LogP contribution in [-0.2, 0) is 7.05 Å². The fourth-order valence-electron chi connectivity index (χ4n) is 1.93. The average Bonchev–Trinajstić information content (AvgIpc) is 2.73. The number of hydrogen-bond donors (Lipinski definition) is 2. The van der Waals surface area contributed by atoms with Crippen molar-refractivity contribution in [2.24, 2.45) is 12.9 Å². The van der Waals surface area contributed by atoms with Gasteiger partial charge < -0.3 is 4.74 Å². The molecule has 0 aliphatic heterocycles. The Balaban J connectivity index is 2.48. The summed E-state index contributed by atoms with van der Waals surface area (Å²) in [6, 6.07) is 3.96. The summed E-state index contributed by atoms with van der Waals surface area (Å²) in [6.45, 7) is 0. The van der Waals surface area contributed by atoms with Crippen LogP contribution in [0.25, 0.3) is 0 Å². The van der Waals surface area contributed by atoms with Gasteiger partial charge in [-0.2, -0.15) is 5.10 Å². The van der Waals surface area contributed by atoms with Crippen LogP contribution in [-0.4, -0.2) is 16.9 Å². The van der Waals surface area contributed by atoms with Crippen molar-refractivity contribution in [1.82, 2.24) is 15.2 Å². The highest BCUT2D eigenvalue weighted by Gasteiger charge is 2.23. The molecule has 2 aromatic rings. The lowest BCUT2D eigenvalue weighted by Crippen LogP contribution is -2.31. The fraction of sp³-hybridized carbons (Fsp3) is 0.250. The van der Waals surface area contributed by atoms with E-state index < -0.39 is 11.9 Å². The van der Waals surface area contributed by atoms with Crippen LogP contribution < -0.4 is 16.0 Å². The molecule has 5 nitrogen and oxygen atoms in total. The van der Waals surface area contributed by atoms with E-state index in [-0.39, 0.29) is 0 Å². The topological polar surface area (TPSA) is 65.1 Å². The Bertz CT molecular complexity index is 568. The van der Waals surface area contributed by atoms with Crippen LogP contribution >= 0.6 is 11.6 Å². The monoisotopic (exact) mass is 284 g/mol. The van der Waals surface area contributed by atoms with Gasteiger partial charge in [0.05, 0.1) is 30.1 Å². The Morgan fingerprint density at radius 3 is 2.74 bits per heavy atom. The van der Waals surface area contributed by atoms with Gasteiger partial charge in [0.25, 0.3) is 0 Å². The van der Waals surface area contributed by atoms with Gasteiger partial charge in [-0.05, 0) is 6.07 Å². The molecule has 0 saturated heterocycles. The molecule has 1 unspecified atom stereocenters. The maximum absolute atomic E-state index is 14.1. The number of ether oxygens (including phenoxy) is 1. The SMILES string of the molecule is COc1ccc(C(NN)c2c(Cl)cnn2C)c(F)c1. The predicted octanol–water partition coefficient (Wildman–Crippen LogP) is 1.77. The summed E-state index contributed by atoms with van der Waals surface area (Å²) in [5.74, 6) is 5.53. The Labute approximate surface area is 115 Å². The fourth-order valence-corrected chi connectivity index (χ4v) is 2.20. The van der Waals surface area contributed by atoms with Crippen molar-refractivity contribution in [3.05, 3.63) is 46.5 Å². The van der Waals surface area contributed by atoms with Crippen LogP contribution in [0, 0.1) is 5.82 Å². The smallest absolute Gasteiger partial charge is 0.132 e. The predicted molar refractivity (Wildman–Crippen MR) is 70.3 cm³/mol. The lowest BCUT2D eigenvalue weighted by molar-refractivity contribution is 0.409. The molecule has 0 fully saturated rings. The van der Waals surface area contributed by atoms with Crippen molar-refractivity contribution in [2.45, 2.75) is 6.04 Å². The second-order valence-corrected chi connectivity index (χ2v) is 4.40. The van der Waals surface area contributed by atoms with Crippen LogP contribution in [0.15, 0.2) is 24.4 Å². The number of hydrazine groups is 1. The molecule has 0 amide bonds. The number of benzene rings is 1. The molecule has 0 aliphatic rings. The summed E-state index contributed by atoms with van der Waals surface area (Å²) in [6.07, 6.45) is 1.49. The lowest BCUT2D eigenvalue weighted by Gasteiger charge is -2.18. The minimum Gasteiger partial charge on any atom is -0.497 e. The quantitative estimate of drug-likeness (QED) is 0.663. The van der Waals surface area contributed by atoms with Gasteiger partial charge >= 0.3 is 0 Å². The Kier molecular flexibility index (Phi) is 4.04. The van der Waals surface area contributed by atoms with Gasteiger partial charge in [0.1, 0.15) is 11.6 Å². The third kappa shape index (κ3) is 2.56. The van der Waals surface area contributed by atoms with Crippen molar-refractivity contribution in [1.29, 1.82) is 0 Å². The van der Waals surface area contributed by atoms with E-state index in [4.69, 9.17) is 22.2 Å². The molecule has 2 rings (SSSR count). The number of aryl methyl sites for hydroxylation is 1. The molecule has 1 aromatic carbocycles. The number of nitrogens with one attached hydrogen (secondary N) is 1. The molecular weight excluding hydrogens is 271 g/mol. The Morgan fingerprint density at radius 1 is 1.53 bits per heavy atom. The van der Waals surface area contributed by atoms with Crippen molar-refractivity contribution in [3.8, 4) is 5.75 Å². The highest BCUT2D eigenvalue weighted by Crippen LogP contribution is 2.30. The number of methoxy groups -OCH3 is 1. The van der Waals surface area contributed by atoms with Gasteiger partial charge in [0, 0.05) is 18.7 Å². The van der Waals surface area contributed by atoms with Crippen molar-refractivity contribution in [2.75, 3.05) is 7.11 Å². The standard InChI is InChI=1S/C12H14ClFN4O/c1-18-12(9(13)6-16-18)11(17-15)8-4-3-7(19-2)5-10(8)14/h3-6,11,17H,15H2,1-2H3. The van der Waals surface area contributed by atoms with Gasteiger partial charge in [0.15, 0.2) is 0 Å². The molecule has 1 atom stereocenters. The second kappa shape index (κ2) is 5.56. The number of rotatable bonds is 4.